The van der Waals surface area contributed by atoms with E-state index in [-0.39, 0.29) is 42.5 Å². The number of nitrogens with zero attached hydrogens (tertiary/aromatic N) is 2. The summed E-state index contributed by atoms with van der Waals surface area (Å²) in [5.74, 6) is 0.0522. The van der Waals surface area contributed by atoms with E-state index in [0.29, 0.717) is 21.5 Å². The Labute approximate surface area is 324 Å². The Hall–Kier alpha value is -5.82. The van der Waals surface area contributed by atoms with Crippen molar-refractivity contribution in [2.24, 2.45) is 10.3 Å². The van der Waals surface area contributed by atoms with Gasteiger partial charge >= 0.3 is 40.5 Å². The number of fused-ring (bicyclic) bond motifs is 2. The summed E-state index contributed by atoms with van der Waals surface area (Å²) < 4.78 is 123. The van der Waals surface area contributed by atoms with Crippen molar-refractivity contribution < 1.29 is 50.6 Å². The first-order valence-electron chi connectivity index (χ1n) is 16.4. The average Bonchev–Trinajstić information content (AvgIpc) is 3.15. The highest BCUT2D eigenvalue weighted by atomic mass is 32.2. The summed E-state index contributed by atoms with van der Waals surface area (Å²) >= 11 is 0. The van der Waals surface area contributed by atoms with Gasteiger partial charge in [-0.3, -0.25) is 8.57 Å². The van der Waals surface area contributed by atoms with Crippen LogP contribution in [0.5, 0.6) is 11.5 Å². The summed E-state index contributed by atoms with van der Waals surface area (Å²) in [5.41, 5.74) is 1.53. The smallest absolute Gasteiger partial charge is 0.358 e. The number of aryl methyl sites for hydroxylation is 2. The van der Waals surface area contributed by atoms with Gasteiger partial charge in [0, 0.05) is 0 Å². The molecule has 6 rings (SSSR count). The molecule has 0 heterocycles. The van der Waals surface area contributed by atoms with Crippen molar-refractivity contribution in [2.75, 3.05) is 0 Å². The van der Waals surface area contributed by atoms with Crippen LogP contribution in [0, 0.1) is 13.8 Å². The molecule has 0 saturated carbocycles. The van der Waals surface area contributed by atoms with Gasteiger partial charge in [-0.05, 0) is 122 Å². The summed E-state index contributed by atoms with van der Waals surface area (Å²) in [5, 5.41) is 9.01. The summed E-state index contributed by atoms with van der Waals surface area (Å²) in [7, 11) is -17.1. The van der Waals surface area contributed by atoms with E-state index in [2.05, 4.69) is 10.3 Å². The first-order chi connectivity index (χ1) is 26.3. The van der Waals surface area contributed by atoms with Crippen LogP contribution in [0.25, 0.3) is 21.5 Å². The first kappa shape index (κ1) is 39.9. The van der Waals surface area contributed by atoms with Crippen LogP contribution in [0.3, 0.4) is 0 Å². The van der Waals surface area contributed by atoms with Crippen molar-refractivity contribution in [1.82, 2.24) is 0 Å². The van der Waals surface area contributed by atoms with Crippen LogP contribution < -0.4 is 8.37 Å². The minimum absolute atomic E-state index is 0.0183. The number of benzene rings is 6. The van der Waals surface area contributed by atoms with Crippen LogP contribution in [0.2, 0.25) is 0 Å². The van der Waals surface area contributed by atoms with E-state index in [0.717, 1.165) is 11.1 Å². The third-order valence-corrected chi connectivity index (χ3v) is 13.0. The SMILES string of the molecule is CC(=NOS(=O)(=O)c1ccc2cc(OS(=O)(=O)c3ccc(C)cc3)ccc2c1)C(C)=NOS(=O)(=O)c1ccc2cc(OS(=O)(=O)c3ccc(C)cc3)ccc2c1. The van der Waals surface area contributed by atoms with Gasteiger partial charge in [-0.25, -0.2) is 0 Å². The molecular weight excluding hydrogens is 805 g/mol. The standard InChI is InChI=1S/C38H32N2O12S4/c1-25-5-15-35(16-6-25)53(41,42)49-33-13-9-31-23-37(19-11-29(31)21-33)55(45,46)51-39-27(3)28(4)40-52-56(47,48)38-20-12-30-22-34(14-10-32(30)24-38)50-54(43,44)36-17-7-26(2)8-18-36/h5-24H,1-4H3. The Morgan fingerprint density at radius 3 is 1.05 bits per heavy atom. The van der Waals surface area contributed by atoms with Crippen molar-refractivity contribution in [3.8, 4) is 11.5 Å². The molecule has 0 spiro atoms. The van der Waals surface area contributed by atoms with E-state index in [4.69, 9.17) is 16.9 Å². The Balaban J connectivity index is 1.10. The van der Waals surface area contributed by atoms with Crippen LogP contribution in [0.4, 0.5) is 0 Å². The molecule has 0 fully saturated rings. The maximum atomic E-state index is 13.0. The molecule has 56 heavy (non-hydrogen) atoms. The number of hydrogen-bond acceptors (Lipinski definition) is 14. The zero-order chi connectivity index (χ0) is 40.5. The van der Waals surface area contributed by atoms with Crippen LogP contribution in [-0.2, 0) is 49.0 Å². The number of hydrogen-bond donors (Lipinski definition) is 0. The van der Waals surface area contributed by atoms with E-state index in [1.807, 2.05) is 13.8 Å². The summed E-state index contributed by atoms with van der Waals surface area (Å²) in [6.45, 7) is 6.30. The van der Waals surface area contributed by atoms with Gasteiger partial charge in [0.25, 0.3) is 0 Å². The second-order valence-electron chi connectivity index (χ2n) is 12.5. The highest BCUT2D eigenvalue weighted by Crippen LogP contribution is 2.29. The van der Waals surface area contributed by atoms with Crippen molar-refractivity contribution in [3.05, 3.63) is 132 Å². The number of oxime groups is 2. The van der Waals surface area contributed by atoms with Crippen molar-refractivity contribution >= 4 is 73.4 Å². The fraction of sp³-hybridized carbons (Fsp3) is 0.105. The molecular formula is C38H32N2O12S4. The molecule has 0 atom stereocenters. The Morgan fingerprint density at radius 2 is 0.696 bits per heavy atom. The Bertz CT molecular complexity index is 2790. The van der Waals surface area contributed by atoms with E-state index in [9.17, 15) is 33.7 Å². The lowest BCUT2D eigenvalue weighted by Crippen LogP contribution is -2.12. The lowest BCUT2D eigenvalue weighted by Gasteiger charge is -2.09. The van der Waals surface area contributed by atoms with Gasteiger partial charge in [0.05, 0.1) is 0 Å². The van der Waals surface area contributed by atoms with Gasteiger partial charge in [0.1, 0.15) is 42.5 Å². The molecule has 0 amide bonds. The highest BCUT2D eigenvalue weighted by Gasteiger charge is 2.21. The zero-order valence-corrected chi connectivity index (χ0v) is 33.2. The lowest BCUT2D eigenvalue weighted by atomic mass is 10.1. The normalized spacial score (nSPS) is 13.1. The van der Waals surface area contributed by atoms with Gasteiger partial charge in [-0.2, -0.15) is 33.7 Å². The Kier molecular flexibility index (Phi) is 10.9. The van der Waals surface area contributed by atoms with E-state index in [1.54, 1.807) is 24.3 Å². The molecule has 0 aliphatic rings. The lowest BCUT2D eigenvalue weighted by molar-refractivity contribution is 0.334. The third-order valence-electron chi connectivity index (χ3n) is 8.24. The summed E-state index contributed by atoms with van der Waals surface area (Å²) in [6.07, 6.45) is 0. The average molecular weight is 837 g/mol. The van der Waals surface area contributed by atoms with Gasteiger partial charge in [-0.15, -0.1) is 0 Å². The molecule has 0 unspecified atom stereocenters. The maximum Gasteiger partial charge on any atom is 0.358 e. The molecule has 0 saturated heterocycles. The van der Waals surface area contributed by atoms with Crippen molar-refractivity contribution in [3.63, 3.8) is 0 Å². The highest BCUT2D eigenvalue weighted by molar-refractivity contribution is 7.87. The molecule has 290 valence electrons. The molecule has 0 aliphatic carbocycles. The second-order valence-corrected chi connectivity index (χ2v) is 18.6. The zero-order valence-electron chi connectivity index (χ0n) is 30.0. The minimum Gasteiger partial charge on any atom is -0.379 e. The van der Waals surface area contributed by atoms with Crippen molar-refractivity contribution in [1.29, 1.82) is 0 Å². The van der Waals surface area contributed by atoms with E-state index in [1.165, 1.54) is 111 Å². The van der Waals surface area contributed by atoms with Crippen LogP contribution >= 0.6 is 0 Å². The topological polar surface area (TPSA) is 198 Å². The molecule has 14 nitrogen and oxygen atoms in total. The Morgan fingerprint density at radius 1 is 0.393 bits per heavy atom. The fourth-order valence-corrected chi connectivity index (χ4v) is 8.46. The van der Waals surface area contributed by atoms with E-state index >= 15 is 0 Å². The quantitative estimate of drug-likeness (QED) is 0.0656. The predicted molar refractivity (Wildman–Crippen MR) is 209 cm³/mol. The van der Waals surface area contributed by atoms with E-state index < -0.39 is 40.5 Å². The summed E-state index contributed by atoms with van der Waals surface area (Å²) in [6, 6.07) is 28.9. The molecule has 6 aromatic carbocycles. The summed E-state index contributed by atoms with van der Waals surface area (Å²) in [4.78, 5) is -0.567. The van der Waals surface area contributed by atoms with Crippen LogP contribution in [-0.4, -0.2) is 45.1 Å². The molecule has 18 heteroatoms. The van der Waals surface area contributed by atoms with Crippen LogP contribution in [0.1, 0.15) is 25.0 Å². The van der Waals surface area contributed by atoms with Crippen LogP contribution in [0.15, 0.2) is 151 Å². The molecule has 0 N–H and O–H groups in total. The largest absolute Gasteiger partial charge is 0.379 e. The third kappa shape index (κ3) is 9.16. The van der Waals surface area contributed by atoms with Gasteiger partial charge in [0.2, 0.25) is 0 Å². The van der Waals surface area contributed by atoms with Gasteiger partial charge < -0.3 is 8.37 Å². The van der Waals surface area contributed by atoms with Gasteiger partial charge in [-0.1, -0.05) is 70.0 Å². The monoisotopic (exact) mass is 836 g/mol. The maximum absolute atomic E-state index is 13.0. The molecule has 0 aromatic heterocycles. The van der Waals surface area contributed by atoms with Gasteiger partial charge in [0.15, 0.2) is 0 Å². The minimum atomic E-state index is -4.47. The molecule has 0 radical (unpaired) electrons. The first-order valence-corrected chi connectivity index (χ1v) is 22.0. The molecule has 6 aromatic rings. The predicted octanol–water partition coefficient (Wildman–Crippen LogP) is 7.01. The van der Waals surface area contributed by atoms with Crippen molar-refractivity contribution in [2.45, 2.75) is 47.3 Å². The number of rotatable bonds is 13. The molecule has 0 bridgehead atoms. The fourth-order valence-electron chi connectivity index (χ4n) is 5.01. The second kappa shape index (κ2) is 15.4. The molecule has 0 aliphatic heterocycles.